The fraction of sp³-hybridized carbons (Fsp3) is 0.455. The number of aliphatic hydroxyl groups is 3. The van der Waals surface area contributed by atoms with Gasteiger partial charge in [-0.25, -0.2) is 4.40 Å². The molecule has 19 heavy (non-hydrogen) atoms. The fourth-order valence-corrected chi connectivity index (χ4v) is 2.24. The summed E-state index contributed by atoms with van der Waals surface area (Å²) in [5, 5.41) is 44.1. The summed E-state index contributed by atoms with van der Waals surface area (Å²) in [6.45, 7) is -0.425. The first kappa shape index (κ1) is 12.3. The molecule has 3 heterocycles. The summed E-state index contributed by atoms with van der Waals surface area (Å²) in [5.41, 5.74) is 0.433. The van der Waals surface area contributed by atoms with Crippen molar-refractivity contribution in [1.82, 2.24) is 9.78 Å². The third-order valence-electron chi connectivity index (χ3n) is 3.23. The first-order chi connectivity index (χ1) is 9.13. The van der Waals surface area contributed by atoms with Crippen molar-refractivity contribution in [1.29, 1.82) is 0 Å². The minimum absolute atomic E-state index is 0.425. The van der Waals surface area contributed by atoms with Gasteiger partial charge in [-0.3, -0.25) is 0 Å². The van der Waals surface area contributed by atoms with Gasteiger partial charge < -0.3 is 25.2 Å². The van der Waals surface area contributed by atoms with E-state index in [-0.39, 0.29) is 0 Å². The lowest BCUT2D eigenvalue weighted by atomic mass is 10.1. The Kier molecular flexibility index (Phi) is 2.86. The zero-order valence-electron chi connectivity index (χ0n) is 9.83. The Bertz CT molecular complexity index is 601. The molecule has 0 spiro atoms. The molecule has 0 saturated carbocycles. The summed E-state index contributed by atoms with van der Waals surface area (Å²) in [6.07, 6.45) is -2.85. The molecule has 3 rings (SSSR count). The summed E-state index contributed by atoms with van der Waals surface area (Å²) in [7, 11) is 0. The van der Waals surface area contributed by atoms with Crippen LogP contribution in [0.3, 0.4) is 0 Å². The zero-order valence-corrected chi connectivity index (χ0v) is 9.83. The van der Waals surface area contributed by atoms with E-state index in [1.165, 1.54) is 9.08 Å². The number of hydrogen-bond acceptors (Lipinski definition) is 6. The zero-order chi connectivity index (χ0) is 13.6. The predicted molar refractivity (Wildman–Crippen MR) is 57.8 cm³/mol. The number of hydrogen-bond donors (Lipinski definition) is 3. The normalized spacial score (nSPS) is 31.1. The third kappa shape index (κ3) is 1.77. The number of nitrogens with zero attached hydrogens (tertiary/aromatic N) is 3. The van der Waals surface area contributed by atoms with E-state index in [2.05, 4.69) is 5.10 Å². The van der Waals surface area contributed by atoms with Crippen LogP contribution in [-0.4, -0.2) is 50.0 Å². The molecule has 2 aromatic heterocycles. The summed E-state index contributed by atoms with van der Waals surface area (Å²) in [4.78, 5) is 0. The maximum Gasteiger partial charge on any atom is 0.267 e. The molecule has 102 valence electrons. The predicted octanol–water partition coefficient (Wildman–Crippen LogP) is -2.69. The van der Waals surface area contributed by atoms with Crippen molar-refractivity contribution >= 4 is 5.65 Å². The van der Waals surface area contributed by atoms with Gasteiger partial charge in [0.1, 0.15) is 18.3 Å². The second-order valence-electron chi connectivity index (χ2n) is 4.38. The number of fused-ring (bicyclic) bond motifs is 1. The maximum atomic E-state index is 11.7. The minimum atomic E-state index is -1.26. The molecule has 0 bridgehead atoms. The molecule has 1 saturated heterocycles. The number of ether oxygens (including phenoxy) is 1. The van der Waals surface area contributed by atoms with Gasteiger partial charge >= 0.3 is 0 Å². The Morgan fingerprint density at radius 1 is 1.37 bits per heavy atom. The number of aliphatic hydroxyl groups excluding tert-OH is 3. The highest BCUT2D eigenvalue weighted by molar-refractivity contribution is 5.30. The van der Waals surface area contributed by atoms with Crippen LogP contribution in [0.4, 0.5) is 0 Å². The van der Waals surface area contributed by atoms with Crippen molar-refractivity contribution in [3.8, 4) is 6.01 Å². The fourth-order valence-electron chi connectivity index (χ4n) is 2.24. The monoisotopic (exact) mass is 267 g/mol. The van der Waals surface area contributed by atoms with Crippen LogP contribution in [0.15, 0.2) is 24.4 Å². The van der Waals surface area contributed by atoms with Crippen LogP contribution in [0.25, 0.3) is 5.65 Å². The molecule has 0 aromatic carbocycles. The van der Waals surface area contributed by atoms with E-state index in [0.29, 0.717) is 5.65 Å². The van der Waals surface area contributed by atoms with Crippen molar-refractivity contribution < 1.29 is 29.6 Å². The van der Waals surface area contributed by atoms with E-state index >= 15 is 0 Å². The van der Waals surface area contributed by atoms with Crippen LogP contribution in [0.5, 0.6) is 6.01 Å². The van der Waals surface area contributed by atoms with Crippen LogP contribution in [0.2, 0.25) is 0 Å². The molecule has 1 aliphatic heterocycles. The largest absolute Gasteiger partial charge is 0.817 e. The van der Waals surface area contributed by atoms with Crippen molar-refractivity contribution in [3.63, 3.8) is 0 Å². The second kappa shape index (κ2) is 4.42. The van der Waals surface area contributed by atoms with Crippen LogP contribution >= 0.6 is 0 Å². The molecule has 8 nitrogen and oxygen atoms in total. The number of aromatic nitrogens is 3. The van der Waals surface area contributed by atoms with E-state index in [0.717, 1.165) is 0 Å². The van der Waals surface area contributed by atoms with E-state index in [1.807, 2.05) is 0 Å². The third-order valence-corrected chi connectivity index (χ3v) is 3.23. The van der Waals surface area contributed by atoms with Crippen molar-refractivity contribution in [2.24, 2.45) is 0 Å². The Hall–Kier alpha value is -1.74. The minimum Gasteiger partial charge on any atom is -0.817 e. The van der Waals surface area contributed by atoms with E-state index in [1.54, 1.807) is 24.4 Å². The summed E-state index contributed by atoms with van der Waals surface area (Å²) in [5.74, 6) is 0. The van der Waals surface area contributed by atoms with Crippen molar-refractivity contribution in [3.05, 3.63) is 24.4 Å². The molecule has 1 fully saturated rings. The lowest BCUT2D eigenvalue weighted by Crippen LogP contribution is -2.33. The molecular weight excluding hydrogens is 254 g/mol. The van der Waals surface area contributed by atoms with Gasteiger partial charge in [0.2, 0.25) is 12.2 Å². The van der Waals surface area contributed by atoms with Crippen LogP contribution in [0.1, 0.15) is 6.23 Å². The Morgan fingerprint density at radius 3 is 2.84 bits per heavy atom. The van der Waals surface area contributed by atoms with Crippen molar-refractivity contribution in [2.75, 3.05) is 6.61 Å². The average molecular weight is 267 g/mol. The highest BCUT2D eigenvalue weighted by Gasteiger charge is 2.47. The van der Waals surface area contributed by atoms with E-state index < -0.39 is 37.2 Å². The molecule has 2 aromatic rings. The number of rotatable bonds is 2. The smallest absolute Gasteiger partial charge is 0.267 e. The molecule has 8 heteroatoms. The SMILES string of the molecule is [O-]c1nn([C@@H]2O[C@H](CO)[C@@H](O)[C@H]2O)c2cccc[n+]12. The van der Waals surface area contributed by atoms with Gasteiger partial charge in [-0.1, -0.05) is 10.7 Å². The van der Waals surface area contributed by atoms with Gasteiger partial charge in [-0.05, 0) is 6.07 Å². The summed E-state index contributed by atoms with van der Waals surface area (Å²) >= 11 is 0. The first-order valence-corrected chi connectivity index (χ1v) is 5.82. The maximum absolute atomic E-state index is 11.7. The Balaban J connectivity index is 2.06. The van der Waals surface area contributed by atoms with Crippen molar-refractivity contribution in [2.45, 2.75) is 24.5 Å². The molecule has 3 N–H and O–H groups in total. The topological polar surface area (TPSA) is 115 Å². The Labute approximate surface area is 107 Å². The highest BCUT2D eigenvalue weighted by atomic mass is 16.6. The van der Waals surface area contributed by atoms with E-state index in [9.17, 15) is 15.3 Å². The molecule has 0 amide bonds. The molecule has 0 unspecified atom stereocenters. The lowest BCUT2D eigenvalue weighted by Gasteiger charge is -2.10. The van der Waals surface area contributed by atoms with Gasteiger partial charge in [0.25, 0.3) is 5.65 Å². The summed E-state index contributed by atoms with van der Waals surface area (Å²) < 4.78 is 7.86. The standard InChI is InChI=1S/C11H13N3O5/c15-5-6-8(16)9(17)10(19-6)14-7-3-1-2-4-13(7)11(18)12-14/h1-4,6,8-10,15-17H,5H2/t6-,8-,9-,10-/m1/s1. The van der Waals surface area contributed by atoms with Crippen LogP contribution in [0, 0.1) is 0 Å². The van der Waals surface area contributed by atoms with Gasteiger partial charge in [-0.2, -0.15) is 0 Å². The van der Waals surface area contributed by atoms with Gasteiger partial charge in [-0.15, -0.1) is 0 Å². The molecule has 0 aliphatic carbocycles. The van der Waals surface area contributed by atoms with E-state index in [4.69, 9.17) is 9.84 Å². The van der Waals surface area contributed by atoms with Gasteiger partial charge in [0.05, 0.1) is 12.8 Å². The Morgan fingerprint density at radius 2 is 2.16 bits per heavy atom. The van der Waals surface area contributed by atoms with Gasteiger partial charge in [0, 0.05) is 11.2 Å². The molecule has 4 atom stereocenters. The average Bonchev–Trinajstić information content (AvgIpc) is 2.90. The number of pyridine rings is 1. The van der Waals surface area contributed by atoms with Crippen LogP contribution < -0.4 is 9.51 Å². The molecular formula is C11H13N3O5. The highest BCUT2D eigenvalue weighted by Crippen LogP contribution is 2.29. The second-order valence-corrected chi connectivity index (χ2v) is 4.38. The van der Waals surface area contributed by atoms with Gasteiger partial charge in [0.15, 0.2) is 0 Å². The molecule has 0 radical (unpaired) electrons. The first-order valence-electron chi connectivity index (χ1n) is 5.82. The van der Waals surface area contributed by atoms with Crippen LogP contribution in [-0.2, 0) is 4.74 Å². The molecule has 1 aliphatic rings. The summed E-state index contributed by atoms with van der Waals surface area (Å²) in [6, 6.07) is 4.53. The quantitative estimate of drug-likeness (QED) is 0.510. The lowest BCUT2D eigenvalue weighted by molar-refractivity contribution is -0.586.